The first-order chi connectivity index (χ1) is 13.9. The predicted molar refractivity (Wildman–Crippen MR) is 127 cm³/mol. The van der Waals surface area contributed by atoms with E-state index in [1.165, 1.54) is 27.9 Å². The lowest BCUT2D eigenvalue weighted by Gasteiger charge is -2.14. The lowest BCUT2D eigenvalue weighted by Crippen LogP contribution is -2.06. The second-order valence-corrected chi connectivity index (χ2v) is 8.08. The third-order valence-corrected chi connectivity index (χ3v) is 5.85. The van der Waals surface area contributed by atoms with Crippen molar-refractivity contribution in [2.24, 2.45) is 0 Å². The van der Waals surface area contributed by atoms with Crippen LogP contribution in [0.15, 0.2) is 54.7 Å². The number of benzene rings is 2. The maximum atomic E-state index is 6.24. The second kappa shape index (κ2) is 9.11. The first kappa shape index (κ1) is 22.2. The zero-order valence-corrected chi connectivity index (χ0v) is 19.3. The Morgan fingerprint density at radius 1 is 0.967 bits per heavy atom. The van der Waals surface area contributed by atoms with Crippen molar-refractivity contribution in [3.63, 3.8) is 0 Å². The third-order valence-electron chi connectivity index (χ3n) is 5.60. The summed E-state index contributed by atoms with van der Waals surface area (Å²) in [7, 11) is 0. The van der Waals surface area contributed by atoms with Crippen molar-refractivity contribution >= 4 is 35.0 Å². The molecule has 3 nitrogen and oxygen atoms in total. The maximum absolute atomic E-state index is 6.24. The van der Waals surface area contributed by atoms with Crippen LogP contribution in [0.5, 0.6) is 5.75 Å². The maximum Gasteiger partial charge on any atom is 0.147 e. The van der Waals surface area contributed by atoms with Gasteiger partial charge in [0.1, 0.15) is 17.9 Å². The van der Waals surface area contributed by atoms with E-state index in [1.54, 1.807) is 0 Å². The van der Waals surface area contributed by atoms with Gasteiger partial charge in [-0.25, -0.2) is 0 Å². The van der Waals surface area contributed by atoms with E-state index in [4.69, 9.17) is 16.3 Å². The molecular formula is C25H26Cl2N2O. The fraction of sp³-hybridized carbons (Fsp3) is 0.240. The molecule has 0 amide bonds. The smallest absolute Gasteiger partial charge is 0.147 e. The van der Waals surface area contributed by atoms with E-state index < -0.39 is 0 Å². The standard InChI is InChI=1S/C25H25ClN2O.ClH/c1-16-5-6-17(2)21(13-16)14-28-19(4)18(3)24-25(28)23(11-12-27-24)29-15-20-7-9-22(26)10-8-20;/h5-13H,14-15H2,1-4H3;1H. The molecule has 2 heterocycles. The molecule has 0 atom stereocenters. The number of halogens is 2. The molecule has 0 aliphatic heterocycles. The lowest BCUT2D eigenvalue weighted by atomic mass is 10.1. The van der Waals surface area contributed by atoms with E-state index in [1.807, 2.05) is 36.5 Å². The topological polar surface area (TPSA) is 27.1 Å². The Labute approximate surface area is 189 Å². The molecule has 0 saturated carbocycles. The zero-order valence-electron chi connectivity index (χ0n) is 17.7. The molecule has 0 radical (unpaired) electrons. The summed E-state index contributed by atoms with van der Waals surface area (Å²) < 4.78 is 8.57. The molecule has 0 spiro atoms. The molecule has 5 heteroatoms. The highest BCUT2D eigenvalue weighted by Gasteiger charge is 2.17. The fourth-order valence-corrected chi connectivity index (χ4v) is 3.84. The average Bonchev–Trinajstić information content (AvgIpc) is 2.96. The van der Waals surface area contributed by atoms with E-state index in [0.29, 0.717) is 6.61 Å². The minimum atomic E-state index is 0. The van der Waals surface area contributed by atoms with Gasteiger partial charge in [-0.15, -0.1) is 12.4 Å². The summed E-state index contributed by atoms with van der Waals surface area (Å²) in [4.78, 5) is 4.65. The molecule has 0 aliphatic carbocycles. The van der Waals surface area contributed by atoms with E-state index in [0.717, 1.165) is 33.9 Å². The summed E-state index contributed by atoms with van der Waals surface area (Å²) in [5.74, 6) is 0.853. The summed E-state index contributed by atoms with van der Waals surface area (Å²) in [6, 6.07) is 16.3. The molecule has 0 unspecified atom stereocenters. The number of pyridine rings is 1. The summed E-state index contributed by atoms with van der Waals surface area (Å²) in [5.41, 5.74) is 9.44. The normalized spacial score (nSPS) is 10.8. The van der Waals surface area contributed by atoms with Gasteiger partial charge in [0.2, 0.25) is 0 Å². The number of rotatable bonds is 5. The number of aryl methyl sites for hydroxylation is 3. The largest absolute Gasteiger partial charge is 0.487 e. The Bertz CT molecular complexity index is 1180. The molecule has 0 fully saturated rings. The molecule has 2 aromatic heterocycles. The predicted octanol–water partition coefficient (Wildman–Crippen LogP) is 6.97. The Morgan fingerprint density at radius 2 is 1.70 bits per heavy atom. The van der Waals surface area contributed by atoms with Crippen molar-refractivity contribution in [2.45, 2.75) is 40.8 Å². The van der Waals surface area contributed by atoms with Crippen LogP contribution in [0.3, 0.4) is 0 Å². The number of hydrogen-bond donors (Lipinski definition) is 0. The molecule has 156 valence electrons. The van der Waals surface area contributed by atoms with E-state index >= 15 is 0 Å². The second-order valence-electron chi connectivity index (χ2n) is 7.65. The molecule has 4 rings (SSSR count). The van der Waals surface area contributed by atoms with Crippen LogP contribution in [-0.4, -0.2) is 9.55 Å². The number of ether oxygens (including phenoxy) is 1. The number of hydrogen-bond acceptors (Lipinski definition) is 2. The minimum absolute atomic E-state index is 0. The number of fused-ring (bicyclic) bond motifs is 1. The quantitative estimate of drug-likeness (QED) is 0.334. The van der Waals surface area contributed by atoms with Crippen molar-refractivity contribution in [3.8, 4) is 5.75 Å². The molecule has 0 saturated heterocycles. The molecule has 30 heavy (non-hydrogen) atoms. The molecule has 4 aromatic rings. The highest BCUT2D eigenvalue weighted by molar-refractivity contribution is 6.30. The van der Waals surface area contributed by atoms with Crippen molar-refractivity contribution in [2.75, 3.05) is 0 Å². The monoisotopic (exact) mass is 440 g/mol. The first-order valence-corrected chi connectivity index (χ1v) is 10.2. The van der Waals surface area contributed by atoms with Crippen molar-refractivity contribution in [3.05, 3.63) is 93.3 Å². The van der Waals surface area contributed by atoms with Crippen LogP contribution in [0.4, 0.5) is 0 Å². The Hall–Kier alpha value is -2.49. The van der Waals surface area contributed by atoms with Gasteiger partial charge in [0, 0.05) is 29.5 Å². The lowest BCUT2D eigenvalue weighted by molar-refractivity contribution is 0.308. The van der Waals surface area contributed by atoms with E-state index in [9.17, 15) is 0 Å². The summed E-state index contributed by atoms with van der Waals surface area (Å²) in [5, 5.41) is 0.730. The Balaban J connectivity index is 0.00000256. The van der Waals surface area contributed by atoms with Crippen molar-refractivity contribution in [1.82, 2.24) is 9.55 Å². The summed E-state index contributed by atoms with van der Waals surface area (Å²) >= 11 is 6.00. The van der Waals surface area contributed by atoms with Gasteiger partial charge in [0.05, 0.1) is 5.52 Å². The van der Waals surface area contributed by atoms with Gasteiger partial charge in [-0.1, -0.05) is 47.5 Å². The van der Waals surface area contributed by atoms with Crippen LogP contribution in [0.25, 0.3) is 11.0 Å². The van der Waals surface area contributed by atoms with E-state index in [-0.39, 0.29) is 12.4 Å². The molecular weight excluding hydrogens is 415 g/mol. The SMILES string of the molecule is Cc1ccc(C)c(Cn2c(C)c(C)c3nccc(OCc4ccc(Cl)cc4)c32)c1.Cl. The van der Waals surface area contributed by atoms with Gasteiger partial charge in [-0.3, -0.25) is 4.98 Å². The van der Waals surface area contributed by atoms with Gasteiger partial charge in [-0.2, -0.15) is 0 Å². The molecule has 0 aliphatic rings. The Morgan fingerprint density at radius 3 is 2.43 bits per heavy atom. The fourth-order valence-electron chi connectivity index (χ4n) is 3.71. The van der Waals surface area contributed by atoms with Crippen LogP contribution in [0.2, 0.25) is 5.02 Å². The molecule has 0 bridgehead atoms. The van der Waals surface area contributed by atoms with Gasteiger partial charge in [0.25, 0.3) is 0 Å². The first-order valence-electron chi connectivity index (χ1n) is 9.82. The molecule has 2 aromatic carbocycles. The molecule has 0 N–H and O–H groups in total. The van der Waals surface area contributed by atoms with Gasteiger partial charge in [0.15, 0.2) is 0 Å². The summed E-state index contributed by atoms with van der Waals surface area (Å²) in [6.07, 6.45) is 1.83. The van der Waals surface area contributed by atoms with Crippen LogP contribution < -0.4 is 4.74 Å². The van der Waals surface area contributed by atoms with Crippen molar-refractivity contribution in [1.29, 1.82) is 0 Å². The third kappa shape index (κ3) is 4.33. The number of aromatic nitrogens is 2. The Kier molecular flexibility index (Phi) is 6.74. The number of nitrogens with zero attached hydrogens (tertiary/aromatic N) is 2. The van der Waals surface area contributed by atoms with Crippen LogP contribution in [0, 0.1) is 27.7 Å². The highest BCUT2D eigenvalue weighted by atomic mass is 35.5. The summed E-state index contributed by atoms with van der Waals surface area (Å²) in [6.45, 7) is 9.88. The van der Waals surface area contributed by atoms with Crippen LogP contribution >= 0.6 is 24.0 Å². The van der Waals surface area contributed by atoms with Gasteiger partial charge >= 0.3 is 0 Å². The average molecular weight is 441 g/mol. The van der Waals surface area contributed by atoms with Gasteiger partial charge in [-0.05, 0) is 62.1 Å². The zero-order chi connectivity index (χ0) is 20.5. The van der Waals surface area contributed by atoms with Gasteiger partial charge < -0.3 is 9.30 Å². The minimum Gasteiger partial charge on any atom is -0.487 e. The highest BCUT2D eigenvalue weighted by Crippen LogP contribution is 2.32. The van der Waals surface area contributed by atoms with Crippen molar-refractivity contribution < 1.29 is 4.74 Å². The van der Waals surface area contributed by atoms with Crippen LogP contribution in [0.1, 0.15) is 33.5 Å². The van der Waals surface area contributed by atoms with Crippen LogP contribution in [-0.2, 0) is 13.2 Å². The van der Waals surface area contributed by atoms with E-state index in [2.05, 4.69) is 55.4 Å².